The van der Waals surface area contributed by atoms with Crippen LogP contribution in [-0.4, -0.2) is 60.3 Å². The zero-order valence-corrected chi connectivity index (χ0v) is 15.8. The molecule has 0 saturated carbocycles. The van der Waals surface area contributed by atoms with Gasteiger partial charge in [0.25, 0.3) is 5.56 Å². The van der Waals surface area contributed by atoms with Gasteiger partial charge in [0.05, 0.1) is 18.4 Å². The smallest absolute Gasteiger partial charge is 0.285 e. The summed E-state index contributed by atoms with van der Waals surface area (Å²) >= 11 is 6.10. The Labute approximate surface area is 162 Å². The topological polar surface area (TPSA) is 72.5 Å². The molecule has 2 aromatic rings. The van der Waals surface area contributed by atoms with E-state index < -0.39 is 0 Å². The number of aromatic nitrogens is 2. The summed E-state index contributed by atoms with van der Waals surface area (Å²) in [7, 11) is 0. The summed E-state index contributed by atoms with van der Waals surface area (Å²) in [5.41, 5.74) is 2.57. The van der Waals surface area contributed by atoms with E-state index in [1.807, 2.05) is 28.0 Å². The van der Waals surface area contributed by atoms with Crippen molar-refractivity contribution in [1.82, 2.24) is 15.1 Å². The number of carbonyl (C=O) groups is 1. The van der Waals surface area contributed by atoms with Crippen molar-refractivity contribution in [2.45, 2.75) is 12.8 Å². The predicted molar refractivity (Wildman–Crippen MR) is 106 cm³/mol. The van der Waals surface area contributed by atoms with E-state index >= 15 is 0 Å². The molecule has 4 rings (SSSR count). The molecule has 0 radical (unpaired) electrons. The average molecular weight is 388 g/mol. The van der Waals surface area contributed by atoms with E-state index in [9.17, 15) is 9.59 Å². The molecule has 142 valence electrons. The lowest BCUT2D eigenvalue weighted by atomic mass is 10.0. The second-order valence-electron chi connectivity index (χ2n) is 6.94. The molecule has 0 bridgehead atoms. The molecule has 7 nitrogen and oxygen atoms in total. The largest absolute Gasteiger partial charge is 0.366 e. The third kappa shape index (κ3) is 3.70. The fourth-order valence-corrected chi connectivity index (χ4v) is 4.02. The van der Waals surface area contributed by atoms with Gasteiger partial charge in [0.1, 0.15) is 5.02 Å². The van der Waals surface area contributed by atoms with Crippen molar-refractivity contribution in [1.29, 1.82) is 0 Å². The highest BCUT2D eigenvalue weighted by atomic mass is 35.5. The number of nitrogens with zero attached hydrogens (tertiary/aromatic N) is 4. The molecule has 0 atom stereocenters. The van der Waals surface area contributed by atoms with E-state index in [-0.39, 0.29) is 16.5 Å². The van der Waals surface area contributed by atoms with Crippen LogP contribution in [0.15, 0.2) is 35.3 Å². The summed E-state index contributed by atoms with van der Waals surface area (Å²) in [6, 6.07) is 8.16. The maximum Gasteiger partial charge on any atom is 0.285 e. The van der Waals surface area contributed by atoms with Crippen LogP contribution in [0.2, 0.25) is 5.02 Å². The number of hydrogen-bond acceptors (Lipinski definition) is 5. The van der Waals surface area contributed by atoms with E-state index in [1.165, 1.54) is 5.56 Å². The summed E-state index contributed by atoms with van der Waals surface area (Å²) < 4.78 is 0. The summed E-state index contributed by atoms with van der Waals surface area (Å²) in [5, 5.41) is 6.33. The molecule has 3 heterocycles. The number of para-hydroxylation sites is 1. The molecule has 1 N–H and O–H groups in total. The molecule has 27 heavy (non-hydrogen) atoms. The highest BCUT2D eigenvalue weighted by molar-refractivity contribution is 6.33. The predicted octanol–water partition coefficient (Wildman–Crippen LogP) is 1.52. The molecule has 0 spiro atoms. The lowest BCUT2D eigenvalue weighted by Crippen LogP contribution is -2.51. The summed E-state index contributed by atoms with van der Waals surface area (Å²) in [4.78, 5) is 30.6. The Morgan fingerprint density at radius 2 is 1.89 bits per heavy atom. The average Bonchev–Trinajstić information content (AvgIpc) is 2.70. The van der Waals surface area contributed by atoms with Crippen molar-refractivity contribution < 1.29 is 4.79 Å². The maximum atomic E-state index is 12.9. The van der Waals surface area contributed by atoms with Crippen LogP contribution in [0.1, 0.15) is 12.0 Å². The van der Waals surface area contributed by atoms with Gasteiger partial charge in [0.2, 0.25) is 5.91 Å². The van der Waals surface area contributed by atoms with Crippen LogP contribution >= 0.6 is 11.6 Å². The van der Waals surface area contributed by atoms with Crippen LogP contribution in [0.5, 0.6) is 0 Å². The number of amides is 1. The standard InChI is InChI=1S/C19H22ClN5O2/c20-18-16(12-21-22-19(18)27)24-10-8-23(9-11-24)13-17(26)25-7-3-5-14-4-1-2-6-15(14)25/h1-2,4,6,12H,3,5,7-11,13H2,(H,22,27). The van der Waals surface area contributed by atoms with E-state index in [1.54, 1.807) is 6.20 Å². The summed E-state index contributed by atoms with van der Waals surface area (Å²) in [6.07, 6.45) is 3.61. The van der Waals surface area contributed by atoms with E-state index in [4.69, 9.17) is 11.6 Å². The first kappa shape index (κ1) is 18.0. The lowest BCUT2D eigenvalue weighted by Gasteiger charge is -2.37. The van der Waals surface area contributed by atoms with Gasteiger partial charge in [0, 0.05) is 38.4 Å². The van der Waals surface area contributed by atoms with Crippen molar-refractivity contribution in [2.24, 2.45) is 0 Å². The molecule has 1 fully saturated rings. The van der Waals surface area contributed by atoms with E-state index in [0.717, 1.165) is 38.2 Å². The van der Waals surface area contributed by atoms with Crippen molar-refractivity contribution in [2.75, 3.05) is 49.1 Å². The Balaban J connectivity index is 1.38. The Bertz CT molecular complexity index is 892. The van der Waals surface area contributed by atoms with E-state index in [0.29, 0.717) is 25.3 Å². The second kappa shape index (κ2) is 7.70. The molecule has 0 unspecified atom stereocenters. The second-order valence-corrected chi connectivity index (χ2v) is 7.32. The Hall–Kier alpha value is -2.38. The fourth-order valence-electron chi connectivity index (χ4n) is 3.81. The van der Waals surface area contributed by atoms with Gasteiger partial charge in [-0.15, -0.1) is 0 Å². The number of anilines is 2. The van der Waals surface area contributed by atoms with Crippen LogP contribution in [0.25, 0.3) is 0 Å². The first-order valence-corrected chi connectivity index (χ1v) is 9.60. The normalized spacial score (nSPS) is 17.7. The molecule has 1 saturated heterocycles. The molecule has 8 heteroatoms. The van der Waals surface area contributed by atoms with Crippen molar-refractivity contribution in [3.05, 3.63) is 51.4 Å². The van der Waals surface area contributed by atoms with Crippen LogP contribution in [0, 0.1) is 0 Å². The number of fused-ring (bicyclic) bond motifs is 1. The van der Waals surface area contributed by atoms with Crippen molar-refractivity contribution in [3.63, 3.8) is 0 Å². The number of aryl methyl sites for hydroxylation is 1. The molecule has 1 aromatic carbocycles. The molecule has 0 aliphatic carbocycles. The van der Waals surface area contributed by atoms with E-state index in [2.05, 4.69) is 21.2 Å². The van der Waals surface area contributed by atoms with Crippen molar-refractivity contribution in [3.8, 4) is 0 Å². The van der Waals surface area contributed by atoms with Gasteiger partial charge in [-0.2, -0.15) is 5.10 Å². The molecule has 1 amide bonds. The molecule has 2 aliphatic rings. The molecule has 1 aromatic heterocycles. The minimum Gasteiger partial charge on any atom is -0.366 e. The highest BCUT2D eigenvalue weighted by Crippen LogP contribution is 2.27. The third-order valence-electron chi connectivity index (χ3n) is 5.26. The fraction of sp³-hybridized carbons (Fsp3) is 0.421. The first-order valence-electron chi connectivity index (χ1n) is 9.22. The number of benzene rings is 1. The SMILES string of the molecule is O=C(CN1CCN(c2cn[nH]c(=O)c2Cl)CC1)N1CCCc2ccccc21. The quantitative estimate of drug-likeness (QED) is 0.864. The van der Waals surface area contributed by atoms with Crippen molar-refractivity contribution >= 4 is 28.9 Å². The minimum atomic E-state index is -0.379. The zero-order chi connectivity index (χ0) is 18.8. The summed E-state index contributed by atoms with van der Waals surface area (Å²) in [6.45, 7) is 4.07. The number of hydrogen-bond donors (Lipinski definition) is 1. The highest BCUT2D eigenvalue weighted by Gasteiger charge is 2.26. The van der Waals surface area contributed by atoms with Gasteiger partial charge in [-0.1, -0.05) is 29.8 Å². The van der Waals surface area contributed by atoms with Crippen LogP contribution in [0.3, 0.4) is 0 Å². The molecular weight excluding hydrogens is 366 g/mol. The zero-order valence-electron chi connectivity index (χ0n) is 15.0. The minimum absolute atomic E-state index is 0.145. The van der Waals surface area contributed by atoms with Gasteiger partial charge in [0.15, 0.2) is 0 Å². The number of aromatic amines is 1. The third-order valence-corrected chi connectivity index (χ3v) is 5.63. The Morgan fingerprint density at radius 1 is 1.11 bits per heavy atom. The molecular formula is C19H22ClN5O2. The van der Waals surface area contributed by atoms with Gasteiger partial charge in [-0.25, -0.2) is 5.10 Å². The lowest BCUT2D eigenvalue weighted by molar-refractivity contribution is -0.119. The molecule has 2 aliphatic heterocycles. The van der Waals surface area contributed by atoms with Crippen LogP contribution in [-0.2, 0) is 11.2 Å². The van der Waals surface area contributed by atoms with Crippen LogP contribution in [0.4, 0.5) is 11.4 Å². The van der Waals surface area contributed by atoms with Gasteiger partial charge < -0.3 is 9.80 Å². The number of H-pyrrole nitrogens is 1. The number of rotatable bonds is 3. The number of halogens is 1. The Kier molecular flexibility index (Phi) is 5.13. The number of carbonyl (C=O) groups excluding carboxylic acids is 1. The van der Waals surface area contributed by atoms with Gasteiger partial charge in [-0.3, -0.25) is 14.5 Å². The Morgan fingerprint density at radius 3 is 2.70 bits per heavy atom. The maximum absolute atomic E-state index is 12.9. The van der Waals surface area contributed by atoms with Gasteiger partial charge in [-0.05, 0) is 24.5 Å². The summed E-state index contributed by atoms with van der Waals surface area (Å²) in [5.74, 6) is 0.145. The van der Waals surface area contributed by atoms with Gasteiger partial charge >= 0.3 is 0 Å². The first-order chi connectivity index (χ1) is 13.1. The number of nitrogens with one attached hydrogen (secondary N) is 1. The number of piperazine rings is 1. The monoisotopic (exact) mass is 387 g/mol. The van der Waals surface area contributed by atoms with Crippen LogP contribution < -0.4 is 15.4 Å².